The van der Waals surface area contributed by atoms with Gasteiger partial charge < -0.3 is 26.1 Å². The van der Waals surface area contributed by atoms with Crippen LogP contribution in [0.2, 0.25) is 0 Å². The van der Waals surface area contributed by atoms with Crippen molar-refractivity contribution < 1.29 is 9.53 Å². The van der Waals surface area contributed by atoms with Crippen molar-refractivity contribution in [2.45, 2.75) is 45.4 Å². The molecule has 1 aliphatic rings. The average molecular weight is 482 g/mol. The van der Waals surface area contributed by atoms with Crippen molar-refractivity contribution in [3.63, 3.8) is 0 Å². The van der Waals surface area contributed by atoms with Crippen LogP contribution in [-0.4, -0.2) is 22.0 Å². The second-order valence-corrected chi connectivity index (χ2v) is 9.40. The van der Waals surface area contributed by atoms with Crippen molar-refractivity contribution in [2.75, 3.05) is 5.73 Å². The van der Waals surface area contributed by atoms with E-state index in [0.29, 0.717) is 29.2 Å². The Bertz CT molecular complexity index is 1410. The summed E-state index contributed by atoms with van der Waals surface area (Å²) in [6.07, 6.45) is 1.89. The summed E-state index contributed by atoms with van der Waals surface area (Å²) in [6.45, 7) is 8.68. The molecule has 7 heteroatoms. The van der Waals surface area contributed by atoms with E-state index < -0.39 is 0 Å². The Hall–Kier alpha value is -4.10. The van der Waals surface area contributed by atoms with Crippen LogP contribution in [0.15, 0.2) is 67.2 Å². The number of anilines is 1. The van der Waals surface area contributed by atoms with Gasteiger partial charge in [0.25, 0.3) is 5.91 Å². The van der Waals surface area contributed by atoms with Gasteiger partial charge in [-0.25, -0.2) is 4.98 Å². The maximum atomic E-state index is 12.9. The molecule has 5 N–H and O–H groups in total. The van der Waals surface area contributed by atoms with E-state index in [4.69, 9.17) is 10.5 Å². The number of aromatic nitrogens is 2. The molecule has 5 rings (SSSR count). The van der Waals surface area contributed by atoms with Crippen LogP contribution in [0, 0.1) is 0 Å². The third-order valence-corrected chi connectivity index (χ3v) is 6.45. The number of rotatable bonds is 8. The molecule has 0 unspecified atom stereocenters. The van der Waals surface area contributed by atoms with E-state index >= 15 is 0 Å². The molecule has 1 heterocycles. The lowest BCUT2D eigenvalue weighted by molar-refractivity contribution is 0.0974. The summed E-state index contributed by atoms with van der Waals surface area (Å²) in [5.41, 5.74) is 13.0. The number of amides is 1. The van der Waals surface area contributed by atoms with E-state index in [9.17, 15) is 4.79 Å². The van der Waals surface area contributed by atoms with Crippen LogP contribution in [0.5, 0.6) is 5.75 Å². The second-order valence-electron chi connectivity index (χ2n) is 9.40. The summed E-state index contributed by atoms with van der Waals surface area (Å²) < 4.78 is 5.67. The Balaban J connectivity index is 1.26. The molecular formula is C29H31N5O2. The molecule has 0 fully saturated rings. The Kier molecular flexibility index (Phi) is 6.48. The van der Waals surface area contributed by atoms with Gasteiger partial charge in [0.2, 0.25) is 0 Å². The van der Waals surface area contributed by atoms with E-state index in [-0.39, 0.29) is 18.1 Å². The molecule has 7 nitrogen and oxygen atoms in total. The Morgan fingerprint density at radius 1 is 1.19 bits per heavy atom. The lowest BCUT2D eigenvalue weighted by Crippen LogP contribution is -2.22. The number of nitrogens with two attached hydrogens (primary N) is 1. The van der Waals surface area contributed by atoms with Gasteiger partial charge in [-0.05, 0) is 68.1 Å². The van der Waals surface area contributed by atoms with E-state index in [0.717, 1.165) is 35.3 Å². The van der Waals surface area contributed by atoms with E-state index in [1.54, 1.807) is 18.2 Å². The zero-order valence-corrected chi connectivity index (χ0v) is 20.6. The lowest BCUT2D eigenvalue weighted by Gasteiger charge is -2.16. The van der Waals surface area contributed by atoms with E-state index in [1.807, 2.05) is 50.2 Å². The quantitative estimate of drug-likeness (QED) is 0.262. The van der Waals surface area contributed by atoms with Crippen LogP contribution in [-0.2, 0) is 13.0 Å². The molecular weight excluding hydrogens is 450 g/mol. The fourth-order valence-electron chi connectivity index (χ4n) is 4.79. The second kappa shape index (κ2) is 9.87. The fourth-order valence-corrected chi connectivity index (χ4v) is 4.79. The summed E-state index contributed by atoms with van der Waals surface area (Å²) >= 11 is 0. The minimum Gasteiger partial charge on any atom is -0.489 e. The molecule has 36 heavy (non-hydrogen) atoms. The van der Waals surface area contributed by atoms with Crippen LogP contribution in [0.25, 0.3) is 16.7 Å². The van der Waals surface area contributed by atoms with Crippen molar-refractivity contribution in [2.24, 2.45) is 0 Å². The number of nitrogens with one attached hydrogen (secondary N) is 3. The smallest absolute Gasteiger partial charge is 0.255 e. The highest BCUT2D eigenvalue weighted by atomic mass is 16.5. The molecule has 0 saturated heterocycles. The number of nitrogens with zero attached hydrogens (tertiary/aromatic N) is 1. The zero-order valence-electron chi connectivity index (χ0n) is 20.6. The third-order valence-electron chi connectivity index (χ3n) is 6.45. The first-order valence-corrected chi connectivity index (χ1v) is 12.2. The first kappa shape index (κ1) is 23.6. The average Bonchev–Trinajstić information content (AvgIpc) is 3.47. The summed E-state index contributed by atoms with van der Waals surface area (Å²) in [5.74, 6) is 1.24. The molecule has 0 radical (unpaired) electrons. The first-order chi connectivity index (χ1) is 17.4. The van der Waals surface area contributed by atoms with Crippen molar-refractivity contribution in [3.8, 4) is 5.75 Å². The number of benzene rings is 3. The number of nitrogen functional groups attached to an aromatic ring is 1. The largest absolute Gasteiger partial charge is 0.489 e. The molecule has 184 valence electrons. The molecule has 1 aliphatic carbocycles. The highest BCUT2D eigenvalue weighted by molar-refractivity contribution is 6.00. The van der Waals surface area contributed by atoms with Crippen LogP contribution >= 0.6 is 0 Å². The van der Waals surface area contributed by atoms with Crippen LogP contribution in [0.4, 0.5) is 5.69 Å². The maximum Gasteiger partial charge on any atom is 0.255 e. The molecule has 3 aromatic carbocycles. The number of hydrogen-bond acceptors (Lipinski definition) is 5. The molecule has 0 aliphatic heterocycles. The number of para-hydroxylation sites is 2. The number of aromatic amines is 1. The minimum absolute atomic E-state index is 0.00367. The van der Waals surface area contributed by atoms with Crippen LogP contribution in [0.1, 0.15) is 59.2 Å². The number of H-pyrrole nitrogens is 1. The molecule has 0 spiro atoms. The molecule has 4 aromatic rings. The Labute approximate surface area is 210 Å². The standard InChI is InChI=1S/C29H31N5O2/c1-17(2)36-27-14-11-19(15-23(27)30)29(35)32-18(3)20-7-6-8-22-21(20)12-13-24(22)31-16-28-33-25-9-4-5-10-26(25)34-28/h4-11,14-15,17,24,31H,3,12-13,16,30H2,1-2H3,(H,32,35)(H,33,34)/t24-/m0/s1. The van der Waals surface area contributed by atoms with Crippen molar-refractivity contribution >= 4 is 28.3 Å². The van der Waals surface area contributed by atoms with Gasteiger partial charge in [0.1, 0.15) is 11.6 Å². The maximum absolute atomic E-state index is 12.9. The highest BCUT2D eigenvalue weighted by Gasteiger charge is 2.25. The van der Waals surface area contributed by atoms with E-state index in [2.05, 4.69) is 33.2 Å². The number of ether oxygens (including phenoxy) is 1. The van der Waals surface area contributed by atoms with Gasteiger partial charge in [-0.3, -0.25) is 4.79 Å². The number of imidazole rings is 1. The highest BCUT2D eigenvalue weighted by Crippen LogP contribution is 2.35. The van der Waals surface area contributed by atoms with E-state index in [1.165, 1.54) is 11.1 Å². The van der Waals surface area contributed by atoms with Crippen molar-refractivity contribution in [1.82, 2.24) is 20.6 Å². The van der Waals surface area contributed by atoms with Gasteiger partial charge in [0.15, 0.2) is 0 Å². The van der Waals surface area contributed by atoms with Gasteiger partial charge in [-0.15, -0.1) is 0 Å². The van der Waals surface area contributed by atoms with Crippen LogP contribution in [0.3, 0.4) is 0 Å². The zero-order chi connectivity index (χ0) is 25.2. The van der Waals surface area contributed by atoms with Crippen LogP contribution < -0.4 is 21.1 Å². The molecule has 0 bridgehead atoms. The third kappa shape index (κ3) is 4.83. The van der Waals surface area contributed by atoms with Gasteiger partial charge in [0.05, 0.1) is 29.4 Å². The first-order valence-electron chi connectivity index (χ1n) is 12.2. The summed E-state index contributed by atoms with van der Waals surface area (Å²) in [7, 11) is 0. The topological polar surface area (TPSA) is 105 Å². The predicted molar refractivity (Wildman–Crippen MR) is 144 cm³/mol. The number of carbonyl (C=O) groups is 1. The van der Waals surface area contributed by atoms with Crippen molar-refractivity contribution in [3.05, 3.63) is 95.3 Å². The summed E-state index contributed by atoms with van der Waals surface area (Å²) in [4.78, 5) is 21.0. The monoisotopic (exact) mass is 481 g/mol. The predicted octanol–water partition coefficient (Wildman–Crippen LogP) is 5.11. The van der Waals surface area contributed by atoms with Gasteiger partial charge in [0, 0.05) is 22.9 Å². The summed E-state index contributed by atoms with van der Waals surface area (Å²) in [6, 6.07) is 19.5. The van der Waals surface area contributed by atoms with Crippen molar-refractivity contribution in [1.29, 1.82) is 0 Å². The molecule has 1 aromatic heterocycles. The minimum atomic E-state index is -0.252. The molecule has 0 saturated carbocycles. The SMILES string of the molecule is C=C(NC(=O)c1ccc(OC(C)C)c(N)c1)c1cccc2c1CC[C@@H]2NCc1nc2ccccc2[nH]1. The molecule has 1 amide bonds. The molecule has 1 atom stereocenters. The normalized spacial score (nSPS) is 14.7. The lowest BCUT2D eigenvalue weighted by atomic mass is 10.00. The van der Waals surface area contributed by atoms with Gasteiger partial charge >= 0.3 is 0 Å². The Morgan fingerprint density at radius 2 is 2.03 bits per heavy atom. The Morgan fingerprint density at radius 3 is 2.81 bits per heavy atom. The number of fused-ring (bicyclic) bond motifs is 2. The van der Waals surface area contributed by atoms with Gasteiger partial charge in [-0.2, -0.15) is 0 Å². The summed E-state index contributed by atoms with van der Waals surface area (Å²) in [5, 5.41) is 6.59. The fraction of sp³-hybridized carbons (Fsp3) is 0.241. The number of hydrogen-bond donors (Lipinski definition) is 4. The van der Waals surface area contributed by atoms with Gasteiger partial charge in [-0.1, -0.05) is 36.9 Å². The number of carbonyl (C=O) groups excluding carboxylic acids is 1.